The van der Waals surface area contributed by atoms with Gasteiger partial charge in [0.1, 0.15) is 11.5 Å². The molecule has 0 aliphatic carbocycles. The van der Waals surface area contributed by atoms with Crippen molar-refractivity contribution in [3.05, 3.63) is 54.1 Å². The van der Waals surface area contributed by atoms with Crippen molar-refractivity contribution in [2.45, 2.75) is 0 Å². The van der Waals surface area contributed by atoms with E-state index >= 15 is 0 Å². The largest absolute Gasteiger partial charge is 0.497 e. The van der Waals surface area contributed by atoms with E-state index < -0.39 is 0 Å². The van der Waals surface area contributed by atoms with Crippen LogP contribution in [0, 0.1) is 0 Å². The number of anilines is 3. The van der Waals surface area contributed by atoms with Crippen molar-refractivity contribution >= 4 is 23.2 Å². The van der Waals surface area contributed by atoms with Crippen LogP contribution in [0.15, 0.2) is 48.5 Å². The topological polar surface area (TPSA) is 104 Å². The minimum Gasteiger partial charge on any atom is -0.497 e. The van der Waals surface area contributed by atoms with Gasteiger partial charge in [0.2, 0.25) is 6.79 Å². The van der Waals surface area contributed by atoms with Gasteiger partial charge in [-0.25, -0.2) is 0 Å². The van der Waals surface area contributed by atoms with Crippen molar-refractivity contribution in [3.8, 4) is 23.0 Å². The van der Waals surface area contributed by atoms with Crippen LogP contribution in [0.2, 0.25) is 0 Å². The highest BCUT2D eigenvalue weighted by Gasteiger charge is 2.14. The first kappa shape index (κ1) is 18.4. The summed E-state index contributed by atoms with van der Waals surface area (Å²) in [5.41, 5.74) is 1.16. The first-order chi connectivity index (χ1) is 14.1. The van der Waals surface area contributed by atoms with Crippen molar-refractivity contribution in [1.29, 1.82) is 0 Å². The summed E-state index contributed by atoms with van der Waals surface area (Å²) in [5, 5.41) is 13.9. The molecule has 3 aromatic rings. The van der Waals surface area contributed by atoms with E-state index in [-0.39, 0.29) is 12.7 Å². The molecule has 29 heavy (non-hydrogen) atoms. The van der Waals surface area contributed by atoms with Gasteiger partial charge in [0, 0.05) is 23.4 Å². The van der Waals surface area contributed by atoms with Crippen LogP contribution in [0.4, 0.5) is 17.3 Å². The molecule has 2 aromatic carbocycles. The number of rotatable bonds is 6. The number of carbonyl (C=O) groups is 1. The molecule has 0 saturated carbocycles. The van der Waals surface area contributed by atoms with Crippen LogP contribution >= 0.6 is 0 Å². The standard InChI is InChI=1S/C20H18N4O5/c1-26-14-7-12(8-15(10-14)27-2)20(25)22-19-6-5-18(23-24-19)21-13-3-4-16-17(9-13)29-11-28-16/h3-10H,11H2,1-2H3,(H,21,23)(H,22,24,25). The molecule has 1 aromatic heterocycles. The van der Waals surface area contributed by atoms with Crippen molar-refractivity contribution in [2.24, 2.45) is 0 Å². The zero-order valence-electron chi connectivity index (χ0n) is 15.8. The van der Waals surface area contributed by atoms with Gasteiger partial charge in [-0.3, -0.25) is 4.79 Å². The van der Waals surface area contributed by atoms with Gasteiger partial charge in [0.05, 0.1) is 14.2 Å². The average molecular weight is 394 g/mol. The SMILES string of the molecule is COc1cc(OC)cc(C(=O)Nc2ccc(Nc3ccc4c(c3)OCO4)nn2)c1. The molecule has 148 valence electrons. The average Bonchev–Trinajstić information content (AvgIpc) is 3.22. The van der Waals surface area contributed by atoms with Gasteiger partial charge in [-0.2, -0.15) is 0 Å². The van der Waals surface area contributed by atoms with Crippen LogP contribution < -0.4 is 29.6 Å². The number of hydrogen-bond donors (Lipinski definition) is 2. The van der Waals surface area contributed by atoms with E-state index in [9.17, 15) is 4.79 Å². The van der Waals surface area contributed by atoms with Crippen molar-refractivity contribution < 1.29 is 23.7 Å². The summed E-state index contributed by atoms with van der Waals surface area (Å²) in [6.07, 6.45) is 0. The highest BCUT2D eigenvalue weighted by Crippen LogP contribution is 2.34. The van der Waals surface area contributed by atoms with E-state index in [1.165, 1.54) is 14.2 Å². The molecule has 2 N–H and O–H groups in total. The van der Waals surface area contributed by atoms with Gasteiger partial charge in [0.25, 0.3) is 5.91 Å². The van der Waals surface area contributed by atoms with Crippen LogP contribution in [-0.2, 0) is 0 Å². The number of nitrogens with one attached hydrogen (secondary N) is 2. The molecular weight excluding hydrogens is 376 g/mol. The number of ether oxygens (including phenoxy) is 4. The lowest BCUT2D eigenvalue weighted by molar-refractivity contribution is 0.102. The Morgan fingerprint density at radius 1 is 0.897 bits per heavy atom. The van der Waals surface area contributed by atoms with E-state index in [0.717, 1.165) is 5.69 Å². The van der Waals surface area contributed by atoms with Gasteiger partial charge in [0.15, 0.2) is 23.1 Å². The van der Waals surface area contributed by atoms with Crippen LogP contribution in [0.3, 0.4) is 0 Å². The smallest absolute Gasteiger partial charge is 0.257 e. The normalized spacial score (nSPS) is 11.7. The molecule has 0 unspecified atom stereocenters. The zero-order valence-corrected chi connectivity index (χ0v) is 15.8. The molecule has 9 nitrogen and oxygen atoms in total. The number of benzene rings is 2. The quantitative estimate of drug-likeness (QED) is 0.657. The molecule has 4 rings (SSSR count). The van der Waals surface area contributed by atoms with Gasteiger partial charge in [-0.15, -0.1) is 10.2 Å². The van der Waals surface area contributed by atoms with Crippen LogP contribution in [0.1, 0.15) is 10.4 Å². The molecule has 0 atom stereocenters. The van der Waals surface area contributed by atoms with Gasteiger partial charge in [-0.1, -0.05) is 0 Å². The Bertz CT molecular complexity index is 1020. The number of amides is 1. The molecule has 1 aliphatic heterocycles. The predicted molar refractivity (Wildman–Crippen MR) is 105 cm³/mol. The van der Waals surface area contributed by atoms with Crippen LogP contribution in [0.25, 0.3) is 0 Å². The van der Waals surface area contributed by atoms with E-state index in [4.69, 9.17) is 18.9 Å². The molecule has 0 fully saturated rings. The number of carbonyl (C=O) groups excluding carboxylic acids is 1. The third-order valence-corrected chi connectivity index (χ3v) is 4.16. The number of methoxy groups -OCH3 is 2. The second kappa shape index (κ2) is 7.93. The molecule has 1 aliphatic rings. The summed E-state index contributed by atoms with van der Waals surface area (Å²) in [6, 6.07) is 13.7. The fourth-order valence-corrected chi connectivity index (χ4v) is 2.71. The number of hydrogen-bond acceptors (Lipinski definition) is 8. The molecule has 1 amide bonds. The lowest BCUT2D eigenvalue weighted by Gasteiger charge is -2.09. The molecule has 0 radical (unpaired) electrons. The highest BCUT2D eigenvalue weighted by molar-refractivity contribution is 6.04. The summed E-state index contributed by atoms with van der Waals surface area (Å²) < 4.78 is 21.0. The zero-order chi connectivity index (χ0) is 20.2. The van der Waals surface area contributed by atoms with E-state index in [1.807, 2.05) is 18.2 Å². The van der Waals surface area contributed by atoms with E-state index in [0.29, 0.717) is 40.2 Å². The maximum Gasteiger partial charge on any atom is 0.257 e. The molecule has 2 heterocycles. The highest BCUT2D eigenvalue weighted by atomic mass is 16.7. The summed E-state index contributed by atoms with van der Waals surface area (Å²) in [5.74, 6) is 2.88. The Labute approximate surface area is 166 Å². The fourth-order valence-electron chi connectivity index (χ4n) is 2.71. The third kappa shape index (κ3) is 4.13. The maximum atomic E-state index is 12.5. The molecule has 9 heteroatoms. The third-order valence-electron chi connectivity index (χ3n) is 4.16. The lowest BCUT2D eigenvalue weighted by atomic mass is 10.2. The number of aromatic nitrogens is 2. The van der Waals surface area contributed by atoms with Crippen LogP contribution in [0.5, 0.6) is 23.0 Å². The first-order valence-electron chi connectivity index (χ1n) is 8.69. The van der Waals surface area contributed by atoms with Gasteiger partial charge >= 0.3 is 0 Å². The summed E-state index contributed by atoms with van der Waals surface area (Å²) in [7, 11) is 3.04. The summed E-state index contributed by atoms with van der Waals surface area (Å²) in [4.78, 5) is 12.5. The number of nitrogens with zero attached hydrogens (tertiary/aromatic N) is 2. The second-order valence-corrected chi connectivity index (χ2v) is 6.05. The first-order valence-corrected chi connectivity index (χ1v) is 8.69. The Kier molecular flexibility index (Phi) is 5.02. The van der Waals surface area contributed by atoms with Crippen LogP contribution in [-0.4, -0.2) is 37.1 Å². The minimum atomic E-state index is -0.354. The fraction of sp³-hybridized carbons (Fsp3) is 0.150. The molecule has 0 bridgehead atoms. The number of fused-ring (bicyclic) bond motifs is 1. The van der Waals surface area contributed by atoms with Crippen molar-refractivity contribution in [1.82, 2.24) is 10.2 Å². The summed E-state index contributed by atoms with van der Waals surface area (Å²) in [6.45, 7) is 0.214. The minimum absolute atomic E-state index is 0.214. The Hall–Kier alpha value is -4.01. The van der Waals surface area contributed by atoms with Gasteiger partial charge < -0.3 is 29.6 Å². The Balaban J connectivity index is 1.43. The van der Waals surface area contributed by atoms with E-state index in [1.54, 1.807) is 30.3 Å². The molecular formula is C20H18N4O5. The van der Waals surface area contributed by atoms with Crippen molar-refractivity contribution in [2.75, 3.05) is 31.6 Å². The Morgan fingerprint density at radius 3 is 2.28 bits per heavy atom. The van der Waals surface area contributed by atoms with Gasteiger partial charge in [-0.05, 0) is 36.4 Å². The summed E-state index contributed by atoms with van der Waals surface area (Å²) >= 11 is 0. The second-order valence-electron chi connectivity index (χ2n) is 6.05. The predicted octanol–water partition coefficient (Wildman–Crippen LogP) is 3.22. The monoisotopic (exact) mass is 394 g/mol. The lowest BCUT2D eigenvalue weighted by Crippen LogP contribution is -2.14. The van der Waals surface area contributed by atoms with E-state index in [2.05, 4.69) is 20.8 Å². The Morgan fingerprint density at radius 2 is 1.59 bits per heavy atom. The molecule has 0 saturated heterocycles. The van der Waals surface area contributed by atoms with Crippen molar-refractivity contribution in [3.63, 3.8) is 0 Å². The molecule has 0 spiro atoms. The maximum absolute atomic E-state index is 12.5.